The maximum Gasteiger partial charge on any atom is 0.303 e. The van der Waals surface area contributed by atoms with Gasteiger partial charge < -0.3 is 10.4 Å². The molecule has 0 aliphatic carbocycles. The number of carbonyl (C=O) groups excluding carboxylic acids is 1. The number of rotatable bonds is 10. The molecular weight excluding hydrogens is 262 g/mol. The summed E-state index contributed by atoms with van der Waals surface area (Å²) in [6.07, 6.45) is 3.62. The molecule has 1 aromatic rings. The smallest absolute Gasteiger partial charge is 0.303 e. The van der Waals surface area contributed by atoms with Crippen molar-refractivity contribution < 1.29 is 14.7 Å². The molecule has 5 heteroatoms. The average Bonchev–Trinajstić information content (AvgIpc) is 2.90. The SMILES string of the molecule is CCCCCNC(CCC(=O)O)C(=O)c1cccs1. The third-order valence-electron chi connectivity index (χ3n) is 2.90. The predicted molar refractivity (Wildman–Crippen MR) is 76.8 cm³/mol. The second kappa shape index (κ2) is 8.82. The fraction of sp³-hybridized carbons (Fsp3) is 0.571. The van der Waals surface area contributed by atoms with E-state index >= 15 is 0 Å². The van der Waals surface area contributed by atoms with Crippen LogP contribution in [0.25, 0.3) is 0 Å². The first-order valence-corrected chi connectivity index (χ1v) is 7.56. The van der Waals surface area contributed by atoms with Crippen LogP contribution in [0.1, 0.15) is 48.7 Å². The molecule has 0 saturated carbocycles. The lowest BCUT2D eigenvalue weighted by molar-refractivity contribution is -0.137. The lowest BCUT2D eigenvalue weighted by atomic mass is 10.1. The molecule has 1 rings (SSSR count). The topological polar surface area (TPSA) is 66.4 Å². The minimum Gasteiger partial charge on any atom is -0.481 e. The van der Waals surface area contributed by atoms with E-state index < -0.39 is 5.97 Å². The highest BCUT2D eigenvalue weighted by atomic mass is 32.1. The first-order valence-electron chi connectivity index (χ1n) is 6.68. The monoisotopic (exact) mass is 283 g/mol. The predicted octanol–water partition coefficient (Wildman–Crippen LogP) is 2.94. The lowest BCUT2D eigenvalue weighted by Gasteiger charge is -2.16. The second-order valence-electron chi connectivity index (χ2n) is 4.49. The summed E-state index contributed by atoms with van der Waals surface area (Å²) in [5, 5.41) is 13.8. The summed E-state index contributed by atoms with van der Waals surface area (Å²) < 4.78 is 0. The summed E-state index contributed by atoms with van der Waals surface area (Å²) >= 11 is 1.40. The van der Waals surface area contributed by atoms with Crippen LogP contribution in [-0.4, -0.2) is 29.4 Å². The van der Waals surface area contributed by atoms with E-state index in [-0.39, 0.29) is 18.2 Å². The van der Waals surface area contributed by atoms with E-state index in [4.69, 9.17) is 5.11 Å². The van der Waals surface area contributed by atoms with Crippen LogP contribution in [-0.2, 0) is 4.79 Å². The van der Waals surface area contributed by atoms with Crippen LogP contribution in [0.15, 0.2) is 17.5 Å². The van der Waals surface area contributed by atoms with Gasteiger partial charge in [0.15, 0.2) is 5.78 Å². The molecule has 0 bridgehead atoms. The van der Waals surface area contributed by atoms with Crippen molar-refractivity contribution in [3.8, 4) is 0 Å². The Morgan fingerprint density at radius 1 is 1.42 bits per heavy atom. The summed E-state index contributed by atoms with van der Waals surface area (Å²) in [5.41, 5.74) is 0. The van der Waals surface area contributed by atoms with E-state index in [1.54, 1.807) is 6.07 Å². The fourth-order valence-electron chi connectivity index (χ4n) is 1.84. The number of carboxylic acids is 1. The van der Waals surface area contributed by atoms with Crippen LogP contribution in [0.3, 0.4) is 0 Å². The van der Waals surface area contributed by atoms with Gasteiger partial charge in [0.25, 0.3) is 0 Å². The molecule has 0 radical (unpaired) electrons. The van der Waals surface area contributed by atoms with Gasteiger partial charge in [0.2, 0.25) is 0 Å². The maximum atomic E-state index is 12.2. The Balaban J connectivity index is 2.52. The van der Waals surface area contributed by atoms with Crippen molar-refractivity contribution in [2.24, 2.45) is 0 Å². The van der Waals surface area contributed by atoms with Crippen molar-refractivity contribution >= 4 is 23.1 Å². The molecule has 0 amide bonds. The molecule has 0 spiro atoms. The van der Waals surface area contributed by atoms with Crippen LogP contribution in [0.2, 0.25) is 0 Å². The van der Waals surface area contributed by atoms with E-state index in [1.165, 1.54) is 11.3 Å². The number of ketones is 1. The Hall–Kier alpha value is -1.20. The largest absolute Gasteiger partial charge is 0.481 e. The number of thiophene rings is 1. The van der Waals surface area contributed by atoms with Gasteiger partial charge in [0.1, 0.15) is 0 Å². The van der Waals surface area contributed by atoms with Gasteiger partial charge in [-0.25, -0.2) is 0 Å². The standard InChI is InChI=1S/C14H21NO3S/c1-2-3-4-9-15-11(7-8-13(16)17)14(18)12-6-5-10-19-12/h5-6,10-11,15H,2-4,7-9H2,1H3,(H,16,17). The van der Waals surface area contributed by atoms with Crippen LogP contribution >= 0.6 is 11.3 Å². The third-order valence-corrected chi connectivity index (χ3v) is 3.78. The molecule has 2 N–H and O–H groups in total. The lowest BCUT2D eigenvalue weighted by Crippen LogP contribution is -2.37. The molecule has 0 aliphatic rings. The van der Waals surface area contributed by atoms with Gasteiger partial charge in [-0.05, 0) is 30.8 Å². The van der Waals surface area contributed by atoms with Crippen molar-refractivity contribution in [2.75, 3.05) is 6.54 Å². The van der Waals surface area contributed by atoms with Crippen molar-refractivity contribution in [2.45, 2.75) is 45.1 Å². The minimum atomic E-state index is -0.862. The Kier molecular flexibility index (Phi) is 7.36. The highest BCUT2D eigenvalue weighted by molar-refractivity contribution is 7.12. The summed E-state index contributed by atoms with van der Waals surface area (Å²) in [5.74, 6) is -0.855. The summed E-state index contributed by atoms with van der Waals surface area (Å²) in [4.78, 5) is 23.6. The van der Waals surface area contributed by atoms with Crippen LogP contribution in [0, 0.1) is 0 Å². The van der Waals surface area contributed by atoms with E-state index in [1.807, 2.05) is 11.4 Å². The number of carbonyl (C=O) groups is 2. The summed E-state index contributed by atoms with van der Waals surface area (Å²) in [6.45, 7) is 2.88. The number of Topliss-reactive ketones (excluding diaryl/α,β-unsaturated/α-hetero) is 1. The summed E-state index contributed by atoms with van der Waals surface area (Å²) in [7, 11) is 0. The van der Waals surface area contributed by atoms with Crippen molar-refractivity contribution in [1.29, 1.82) is 0 Å². The Labute approximate surface area is 117 Å². The number of hydrogen-bond donors (Lipinski definition) is 2. The van der Waals surface area contributed by atoms with Crippen molar-refractivity contribution in [3.63, 3.8) is 0 Å². The number of nitrogens with one attached hydrogen (secondary N) is 1. The third kappa shape index (κ3) is 5.98. The molecule has 0 aromatic carbocycles. The van der Waals surface area contributed by atoms with Crippen molar-refractivity contribution in [3.05, 3.63) is 22.4 Å². The molecule has 0 saturated heterocycles. The molecule has 4 nitrogen and oxygen atoms in total. The zero-order chi connectivity index (χ0) is 14.1. The number of aliphatic carboxylic acids is 1. The minimum absolute atomic E-state index is 0.00717. The van der Waals surface area contributed by atoms with Gasteiger partial charge in [-0.3, -0.25) is 9.59 Å². The van der Waals surface area contributed by atoms with Gasteiger partial charge in [-0.1, -0.05) is 25.8 Å². The first-order chi connectivity index (χ1) is 9.15. The van der Waals surface area contributed by atoms with Gasteiger partial charge >= 0.3 is 5.97 Å². The molecule has 1 aromatic heterocycles. The normalized spacial score (nSPS) is 12.3. The highest BCUT2D eigenvalue weighted by Crippen LogP contribution is 2.14. The van der Waals surface area contributed by atoms with Gasteiger partial charge in [-0.2, -0.15) is 0 Å². The Bertz CT molecular complexity index is 389. The summed E-state index contributed by atoms with van der Waals surface area (Å²) in [6, 6.07) is 3.24. The van der Waals surface area contributed by atoms with Gasteiger partial charge in [-0.15, -0.1) is 11.3 Å². The van der Waals surface area contributed by atoms with Crippen LogP contribution < -0.4 is 5.32 Å². The molecule has 106 valence electrons. The van der Waals surface area contributed by atoms with Crippen molar-refractivity contribution in [1.82, 2.24) is 5.32 Å². The quantitative estimate of drug-likeness (QED) is 0.512. The van der Waals surface area contributed by atoms with Crippen LogP contribution in [0.4, 0.5) is 0 Å². The van der Waals surface area contributed by atoms with E-state index in [2.05, 4.69) is 12.2 Å². The molecule has 19 heavy (non-hydrogen) atoms. The molecule has 1 heterocycles. The second-order valence-corrected chi connectivity index (χ2v) is 5.44. The van der Waals surface area contributed by atoms with Crippen LogP contribution in [0.5, 0.6) is 0 Å². The number of hydrogen-bond acceptors (Lipinski definition) is 4. The van der Waals surface area contributed by atoms with E-state index in [0.29, 0.717) is 11.3 Å². The first kappa shape index (κ1) is 15.9. The number of unbranched alkanes of at least 4 members (excludes halogenated alkanes) is 2. The average molecular weight is 283 g/mol. The Morgan fingerprint density at radius 3 is 2.79 bits per heavy atom. The molecule has 1 unspecified atom stereocenters. The molecule has 1 atom stereocenters. The zero-order valence-electron chi connectivity index (χ0n) is 11.2. The number of carboxylic acid groups (broad SMARTS) is 1. The highest BCUT2D eigenvalue weighted by Gasteiger charge is 2.20. The van der Waals surface area contributed by atoms with Gasteiger partial charge in [0, 0.05) is 6.42 Å². The van der Waals surface area contributed by atoms with Gasteiger partial charge in [0.05, 0.1) is 10.9 Å². The molecule has 0 aliphatic heterocycles. The molecule has 0 fully saturated rings. The maximum absolute atomic E-state index is 12.2. The zero-order valence-corrected chi connectivity index (χ0v) is 12.0. The fourth-order valence-corrected chi connectivity index (χ4v) is 2.55. The van der Waals surface area contributed by atoms with E-state index in [9.17, 15) is 9.59 Å². The Morgan fingerprint density at radius 2 is 2.21 bits per heavy atom. The van der Waals surface area contributed by atoms with E-state index in [0.717, 1.165) is 25.8 Å². The molecular formula is C14H21NO3S.